The number of aromatic hydroxyl groups is 1. The summed E-state index contributed by atoms with van der Waals surface area (Å²) in [6.07, 6.45) is -0.363. The molecule has 2 atom stereocenters. The average Bonchev–Trinajstić information content (AvgIpc) is 2.57. The smallest absolute Gasteiger partial charge is 0.157 e. The van der Waals surface area contributed by atoms with Crippen molar-refractivity contribution in [2.75, 3.05) is 7.11 Å². The summed E-state index contributed by atoms with van der Waals surface area (Å²) in [6.45, 7) is 1.64. The third kappa shape index (κ3) is 2.43. The van der Waals surface area contributed by atoms with E-state index in [9.17, 15) is 15.0 Å². The first kappa shape index (κ1) is 15.4. The van der Waals surface area contributed by atoms with Crippen molar-refractivity contribution in [3.8, 4) is 17.2 Å². The number of ether oxygens (including phenoxy) is 2. The summed E-state index contributed by atoms with van der Waals surface area (Å²) < 4.78 is 11.3. The highest BCUT2D eigenvalue weighted by molar-refractivity contribution is 5.87. The Morgan fingerprint density at radius 2 is 2.00 bits per heavy atom. The standard InChI is InChI=1S/C18H18O5/c1-10-16(21)12(9-19)18-15(17(10)22-2)13(20)8-14(23-18)11-6-4-3-5-7-11/h3-7,9,13-14,20-21H,8H2,1-2H3/t13-,14+/m0/s1. The molecule has 1 aliphatic rings. The van der Waals surface area contributed by atoms with E-state index in [0.717, 1.165) is 5.56 Å². The summed E-state index contributed by atoms with van der Waals surface area (Å²) in [6, 6.07) is 9.46. The normalized spacial score (nSPS) is 19.6. The van der Waals surface area contributed by atoms with E-state index in [1.165, 1.54) is 7.11 Å². The molecule has 5 heteroatoms. The van der Waals surface area contributed by atoms with E-state index in [1.807, 2.05) is 30.3 Å². The van der Waals surface area contributed by atoms with Crippen LogP contribution in [0.2, 0.25) is 0 Å². The number of phenols is 1. The number of carbonyl (C=O) groups excluding carboxylic acids is 1. The first-order valence-electron chi connectivity index (χ1n) is 7.36. The van der Waals surface area contributed by atoms with Gasteiger partial charge in [-0.15, -0.1) is 0 Å². The minimum absolute atomic E-state index is 0.0398. The Morgan fingerprint density at radius 3 is 2.61 bits per heavy atom. The van der Waals surface area contributed by atoms with Crippen LogP contribution < -0.4 is 9.47 Å². The quantitative estimate of drug-likeness (QED) is 0.852. The third-order valence-corrected chi connectivity index (χ3v) is 4.21. The van der Waals surface area contributed by atoms with Crippen molar-refractivity contribution in [3.63, 3.8) is 0 Å². The lowest BCUT2D eigenvalue weighted by Gasteiger charge is -2.32. The molecule has 0 saturated carbocycles. The molecule has 0 fully saturated rings. The lowest BCUT2D eigenvalue weighted by atomic mass is 9.90. The van der Waals surface area contributed by atoms with Crippen LogP contribution in [-0.4, -0.2) is 23.6 Å². The molecule has 0 saturated heterocycles. The van der Waals surface area contributed by atoms with Crippen LogP contribution in [0.1, 0.15) is 45.7 Å². The molecule has 1 aliphatic heterocycles. The second-order valence-electron chi connectivity index (χ2n) is 5.55. The third-order valence-electron chi connectivity index (χ3n) is 4.21. The van der Waals surface area contributed by atoms with Gasteiger partial charge in [-0.25, -0.2) is 0 Å². The summed E-state index contributed by atoms with van der Waals surface area (Å²) in [5, 5.41) is 20.8. The zero-order chi connectivity index (χ0) is 16.6. The molecule has 0 aromatic heterocycles. The summed E-state index contributed by atoms with van der Waals surface area (Å²) >= 11 is 0. The molecule has 2 aromatic rings. The number of methoxy groups -OCH3 is 1. The molecule has 0 radical (unpaired) electrons. The molecule has 3 rings (SSSR count). The van der Waals surface area contributed by atoms with E-state index in [0.29, 0.717) is 29.6 Å². The highest BCUT2D eigenvalue weighted by atomic mass is 16.5. The van der Waals surface area contributed by atoms with Crippen molar-refractivity contribution >= 4 is 6.29 Å². The van der Waals surface area contributed by atoms with E-state index < -0.39 is 12.2 Å². The van der Waals surface area contributed by atoms with E-state index in [4.69, 9.17) is 9.47 Å². The number of hydrogen-bond acceptors (Lipinski definition) is 5. The largest absolute Gasteiger partial charge is 0.507 e. The molecule has 0 spiro atoms. The Hall–Kier alpha value is -2.53. The van der Waals surface area contributed by atoms with Crippen LogP contribution in [0.3, 0.4) is 0 Å². The molecular weight excluding hydrogens is 296 g/mol. The van der Waals surface area contributed by atoms with Crippen molar-refractivity contribution in [2.24, 2.45) is 0 Å². The summed E-state index contributed by atoms with van der Waals surface area (Å²) in [7, 11) is 1.46. The minimum Gasteiger partial charge on any atom is -0.507 e. The average molecular weight is 314 g/mol. The van der Waals surface area contributed by atoms with Crippen LogP contribution in [0.4, 0.5) is 0 Å². The molecule has 0 aliphatic carbocycles. The van der Waals surface area contributed by atoms with Gasteiger partial charge in [-0.3, -0.25) is 4.79 Å². The molecule has 120 valence electrons. The van der Waals surface area contributed by atoms with Gasteiger partial charge in [0.2, 0.25) is 0 Å². The summed E-state index contributed by atoms with van der Waals surface area (Å²) in [5.74, 6) is 0.353. The maximum Gasteiger partial charge on any atom is 0.157 e. The SMILES string of the molecule is COc1c(C)c(O)c(C=O)c2c1[C@@H](O)C[C@H](c1ccccc1)O2. The van der Waals surface area contributed by atoms with E-state index in [1.54, 1.807) is 6.92 Å². The van der Waals surface area contributed by atoms with Crippen LogP contribution in [-0.2, 0) is 0 Å². The van der Waals surface area contributed by atoms with E-state index in [-0.39, 0.29) is 17.1 Å². The highest BCUT2D eigenvalue weighted by Gasteiger charge is 2.35. The molecule has 1 heterocycles. The second-order valence-corrected chi connectivity index (χ2v) is 5.55. The van der Waals surface area contributed by atoms with Crippen molar-refractivity contribution in [3.05, 3.63) is 52.6 Å². The van der Waals surface area contributed by atoms with Crippen LogP contribution in [0.25, 0.3) is 0 Å². The highest BCUT2D eigenvalue weighted by Crippen LogP contribution is 2.51. The fourth-order valence-corrected chi connectivity index (χ4v) is 3.05. The van der Waals surface area contributed by atoms with Gasteiger partial charge < -0.3 is 19.7 Å². The van der Waals surface area contributed by atoms with Gasteiger partial charge in [-0.05, 0) is 12.5 Å². The zero-order valence-electron chi connectivity index (χ0n) is 12.9. The maximum atomic E-state index is 11.4. The minimum atomic E-state index is -0.850. The lowest BCUT2D eigenvalue weighted by Crippen LogP contribution is -2.21. The van der Waals surface area contributed by atoms with Gasteiger partial charge in [0.25, 0.3) is 0 Å². The Kier molecular flexibility index (Phi) is 3.96. The van der Waals surface area contributed by atoms with Gasteiger partial charge in [-0.2, -0.15) is 0 Å². The maximum absolute atomic E-state index is 11.4. The van der Waals surface area contributed by atoms with Gasteiger partial charge in [-0.1, -0.05) is 30.3 Å². The van der Waals surface area contributed by atoms with Crippen LogP contribution >= 0.6 is 0 Å². The number of benzene rings is 2. The van der Waals surface area contributed by atoms with E-state index >= 15 is 0 Å². The Bertz CT molecular complexity index is 739. The second kappa shape index (κ2) is 5.93. The Labute approximate surface area is 134 Å². The number of aldehydes is 1. The van der Waals surface area contributed by atoms with Gasteiger partial charge >= 0.3 is 0 Å². The first-order valence-corrected chi connectivity index (χ1v) is 7.36. The molecule has 2 N–H and O–H groups in total. The number of aliphatic hydroxyl groups is 1. The van der Waals surface area contributed by atoms with Gasteiger partial charge in [0.05, 0.1) is 24.3 Å². The molecule has 0 amide bonds. The molecule has 5 nitrogen and oxygen atoms in total. The number of aliphatic hydroxyl groups excluding tert-OH is 1. The monoisotopic (exact) mass is 314 g/mol. The topological polar surface area (TPSA) is 76.0 Å². The zero-order valence-corrected chi connectivity index (χ0v) is 12.9. The number of phenolic OH excluding ortho intramolecular Hbond substituents is 1. The lowest BCUT2D eigenvalue weighted by molar-refractivity contribution is 0.0619. The van der Waals surface area contributed by atoms with Gasteiger partial charge in [0.1, 0.15) is 23.4 Å². The summed E-state index contributed by atoms with van der Waals surface area (Å²) in [5.41, 5.74) is 1.76. The van der Waals surface area contributed by atoms with Crippen molar-refractivity contribution in [1.82, 2.24) is 0 Å². The van der Waals surface area contributed by atoms with Crippen LogP contribution in [0.15, 0.2) is 30.3 Å². The molecule has 0 unspecified atom stereocenters. The van der Waals surface area contributed by atoms with Crippen LogP contribution in [0, 0.1) is 6.92 Å². The predicted molar refractivity (Wildman–Crippen MR) is 84.2 cm³/mol. The Balaban J connectivity index is 2.17. The fourth-order valence-electron chi connectivity index (χ4n) is 3.05. The van der Waals surface area contributed by atoms with Crippen LogP contribution in [0.5, 0.6) is 17.2 Å². The van der Waals surface area contributed by atoms with E-state index in [2.05, 4.69) is 0 Å². The van der Waals surface area contributed by atoms with Crippen molar-refractivity contribution in [1.29, 1.82) is 0 Å². The van der Waals surface area contributed by atoms with Crippen molar-refractivity contribution in [2.45, 2.75) is 25.6 Å². The molecule has 0 bridgehead atoms. The number of fused-ring (bicyclic) bond motifs is 1. The first-order chi connectivity index (χ1) is 11.1. The Morgan fingerprint density at radius 1 is 1.30 bits per heavy atom. The fraction of sp³-hybridized carbons (Fsp3) is 0.278. The molecule has 2 aromatic carbocycles. The number of carbonyl (C=O) groups is 1. The summed E-state index contributed by atoms with van der Waals surface area (Å²) in [4.78, 5) is 11.4. The molecule has 23 heavy (non-hydrogen) atoms. The molecular formula is C18H18O5. The van der Waals surface area contributed by atoms with Crippen molar-refractivity contribution < 1.29 is 24.5 Å². The number of rotatable bonds is 3. The van der Waals surface area contributed by atoms with Gasteiger partial charge in [0, 0.05) is 12.0 Å². The predicted octanol–water partition coefficient (Wildman–Crippen LogP) is 3.08. The number of hydrogen-bond donors (Lipinski definition) is 2. The van der Waals surface area contributed by atoms with Gasteiger partial charge in [0.15, 0.2) is 6.29 Å².